The zero-order chi connectivity index (χ0) is 19.1. The molecule has 1 aromatic heterocycles. The molecule has 4 nitrogen and oxygen atoms in total. The van der Waals surface area contributed by atoms with Gasteiger partial charge in [0.2, 0.25) is 0 Å². The molecule has 1 aliphatic heterocycles. The van der Waals surface area contributed by atoms with Crippen LogP contribution >= 0.6 is 55.2 Å². The summed E-state index contributed by atoms with van der Waals surface area (Å²) in [5.74, 6) is 0.474. The minimum Gasteiger partial charge on any atom is -0.421 e. The number of thioether (sulfide) groups is 1. The Morgan fingerprint density at radius 3 is 2.67 bits per heavy atom. The van der Waals surface area contributed by atoms with Crippen molar-refractivity contribution in [3.63, 3.8) is 0 Å². The van der Waals surface area contributed by atoms with Crippen LogP contribution < -0.4 is 5.63 Å². The first-order chi connectivity index (χ1) is 12.9. The van der Waals surface area contributed by atoms with Crippen LogP contribution in [0.1, 0.15) is 21.3 Å². The van der Waals surface area contributed by atoms with Gasteiger partial charge in [0.15, 0.2) is 5.58 Å². The molecule has 0 bridgehead atoms. The zero-order valence-corrected chi connectivity index (χ0v) is 18.5. The maximum atomic E-state index is 13.1. The van der Waals surface area contributed by atoms with Gasteiger partial charge in [0.25, 0.3) is 5.91 Å². The fourth-order valence-electron chi connectivity index (χ4n) is 3.04. The van der Waals surface area contributed by atoms with Gasteiger partial charge in [0.05, 0.1) is 4.47 Å². The summed E-state index contributed by atoms with van der Waals surface area (Å²) in [6, 6.07) is 12.6. The van der Waals surface area contributed by atoms with Crippen molar-refractivity contribution >= 4 is 72.1 Å². The molecule has 0 spiro atoms. The maximum absolute atomic E-state index is 13.1. The highest BCUT2D eigenvalue weighted by Gasteiger charge is 2.33. The standard InChI is InChI=1S/C19H12Br2ClNO3S/c20-12-7-11-8-14(19(25)26-16(11)15(21)9-12)17(24)23-5-6-27-18(23)10-1-3-13(22)4-2-10/h1-4,7-9,18H,5-6H2/t18-/m0/s1. The first-order valence-corrected chi connectivity index (χ1v) is 11.1. The highest BCUT2D eigenvalue weighted by Crippen LogP contribution is 2.39. The molecule has 1 fully saturated rings. The predicted octanol–water partition coefficient (Wildman–Crippen LogP) is 5.86. The molecule has 138 valence electrons. The lowest BCUT2D eigenvalue weighted by molar-refractivity contribution is 0.0756. The van der Waals surface area contributed by atoms with E-state index in [4.69, 9.17) is 16.0 Å². The van der Waals surface area contributed by atoms with Crippen LogP contribution in [0.5, 0.6) is 0 Å². The lowest BCUT2D eigenvalue weighted by Crippen LogP contribution is -2.33. The van der Waals surface area contributed by atoms with Crippen LogP contribution in [0.3, 0.4) is 0 Å². The molecule has 27 heavy (non-hydrogen) atoms. The molecule has 3 aromatic rings. The second-order valence-corrected chi connectivity index (χ2v) is 9.42. The van der Waals surface area contributed by atoms with Crippen molar-refractivity contribution in [2.75, 3.05) is 12.3 Å². The second-order valence-electron chi connectivity index (χ2n) is 6.03. The number of rotatable bonds is 2. The molecule has 8 heteroatoms. The molecule has 0 aliphatic carbocycles. The van der Waals surface area contributed by atoms with E-state index in [2.05, 4.69) is 31.9 Å². The van der Waals surface area contributed by atoms with Gasteiger partial charge in [0, 0.05) is 27.2 Å². The van der Waals surface area contributed by atoms with Crippen molar-refractivity contribution in [2.45, 2.75) is 5.37 Å². The Hall–Kier alpha value is -1.28. The van der Waals surface area contributed by atoms with Crippen molar-refractivity contribution < 1.29 is 9.21 Å². The Bertz CT molecular complexity index is 1100. The van der Waals surface area contributed by atoms with Gasteiger partial charge in [-0.3, -0.25) is 4.79 Å². The third kappa shape index (κ3) is 3.70. The number of fused-ring (bicyclic) bond motifs is 1. The summed E-state index contributed by atoms with van der Waals surface area (Å²) in [7, 11) is 0. The van der Waals surface area contributed by atoms with E-state index < -0.39 is 5.63 Å². The largest absolute Gasteiger partial charge is 0.421 e. The second kappa shape index (κ2) is 7.62. The summed E-state index contributed by atoms with van der Waals surface area (Å²) in [6.07, 6.45) is 0. The number of nitrogens with zero attached hydrogens (tertiary/aromatic N) is 1. The quantitative estimate of drug-likeness (QED) is 0.391. The molecule has 0 unspecified atom stereocenters. The smallest absolute Gasteiger partial charge is 0.349 e. The number of amides is 1. The third-order valence-corrected chi connectivity index (χ3v) is 6.85. The molecular weight excluding hydrogens is 518 g/mol. The van der Waals surface area contributed by atoms with Gasteiger partial charge in [-0.25, -0.2) is 4.79 Å². The van der Waals surface area contributed by atoms with E-state index in [1.165, 1.54) is 0 Å². The normalized spacial score (nSPS) is 16.9. The Balaban J connectivity index is 1.74. The van der Waals surface area contributed by atoms with Gasteiger partial charge < -0.3 is 9.32 Å². The number of hydrogen-bond donors (Lipinski definition) is 0. The zero-order valence-electron chi connectivity index (χ0n) is 13.7. The van der Waals surface area contributed by atoms with Crippen molar-refractivity contribution in [1.82, 2.24) is 4.90 Å². The SMILES string of the molecule is O=C(c1cc2cc(Br)cc(Br)c2oc1=O)N1CCS[C@H]1c1ccc(Cl)cc1. The van der Waals surface area contributed by atoms with Crippen molar-refractivity contribution in [2.24, 2.45) is 0 Å². The summed E-state index contributed by atoms with van der Waals surface area (Å²) < 4.78 is 6.90. The summed E-state index contributed by atoms with van der Waals surface area (Å²) in [4.78, 5) is 27.3. The number of carbonyl (C=O) groups is 1. The lowest BCUT2D eigenvalue weighted by Gasteiger charge is -2.24. The van der Waals surface area contributed by atoms with Crippen LogP contribution in [0.4, 0.5) is 0 Å². The van der Waals surface area contributed by atoms with E-state index in [0.717, 1.165) is 15.8 Å². The van der Waals surface area contributed by atoms with Crippen LogP contribution in [0, 0.1) is 0 Å². The number of hydrogen-bond acceptors (Lipinski definition) is 4. The van der Waals surface area contributed by atoms with E-state index >= 15 is 0 Å². The molecule has 1 atom stereocenters. The summed E-state index contributed by atoms with van der Waals surface area (Å²) >= 11 is 14.4. The topological polar surface area (TPSA) is 50.5 Å². The molecule has 1 aliphatic rings. The van der Waals surface area contributed by atoms with Crippen LogP contribution in [-0.2, 0) is 0 Å². The maximum Gasteiger partial charge on any atom is 0.349 e. The first-order valence-electron chi connectivity index (χ1n) is 8.05. The molecule has 1 saturated heterocycles. The van der Waals surface area contributed by atoms with Gasteiger partial charge in [0.1, 0.15) is 10.9 Å². The fourth-order valence-corrected chi connectivity index (χ4v) is 5.76. The molecule has 1 amide bonds. The minimum absolute atomic E-state index is 0.0361. The predicted molar refractivity (Wildman–Crippen MR) is 116 cm³/mol. The Labute approximate surface area is 181 Å². The van der Waals surface area contributed by atoms with E-state index in [9.17, 15) is 9.59 Å². The van der Waals surface area contributed by atoms with Gasteiger partial charge in [-0.1, -0.05) is 39.7 Å². The van der Waals surface area contributed by atoms with Crippen LogP contribution in [0.15, 0.2) is 60.6 Å². The van der Waals surface area contributed by atoms with E-state index in [0.29, 0.717) is 27.0 Å². The van der Waals surface area contributed by atoms with Gasteiger partial charge >= 0.3 is 5.63 Å². The van der Waals surface area contributed by atoms with Gasteiger partial charge in [-0.15, -0.1) is 11.8 Å². The fraction of sp³-hybridized carbons (Fsp3) is 0.158. The Kier molecular flexibility index (Phi) is 5.38. The van der Waals surface area contributed by atoms with Gasteiger partial charge in [-0.05, 0) is 51.8 Å². The number of halogens is 3. The molecule has 4 rings (SSSR count). The van der Waals surface area contributed by atoms with Crippen LogP contribution in [0.25, 0.3) is 11.0 Å². The summed E-state index contributed by atoms with van der Waals surface area (Å²) in [5, 5.41) is 1.17. The number of benzene rings is 2. The van der Waals surface area contributed by atoms with Gasteiger partial charge in [-0.2, -0.15) is 0 Å². The highest BCUT2D eigenvalue weighted by molar-refractivity contribution is 9.11. The van der Waals surface area contributed by atoms with E-state index in [1.54, 1.807) is 40.9 Å². The molecule has 2 aromatic carbocycles. The molecule has 2 heterocycles. The molecular formula is C19H12Br2ClNO3S. The third-order valence-electron chi connectivity index (χ3n) is 4.29. The highest BCUT2D eigenvalue weighted by atomic mass is 79.9. The van der Waals surface area contributed by atoms with Crippen LogP contribution in [-0.4, -0.2) is 23.1 Å². The Morgan fingerprint density at radius 2 is 1.93 bits per heavy atom. The average Bonchev–Trinajstić information content (AvgIpc) is 3.11. The summed E-state index contributed by atoms with van der Waals surface area (Å²) in [5.41, 5.74) is 0.798. The van der Waals surface area contributed by atoms with E-state index in [1.807, 2.05) is 18.2 Å². The molecule has 0 N–H and O–H groups in total. The molecule has 0 saturated carbocycles. The summed E-state index contributed by atoms with van der Waals surface area (Å²) in [6.45, 7) is 0.566. The van der Waals surface area contributed by atoms with Crippen molar-refractivity contribution in [3.8, 4) is 0 Å². The lowest BCUT2D eigenvalue weighted by atomic mass is 10.1. The first kappa shape index (κ1) is 19.1. The molecule has 0 radical (unpaired) electrons. The van der Waals surface area contributed by atoms with Crippen molar-refractivity contribution in [3.05, 3.63) is 78.0 Å². The Morgan fingerprint density at radius 1 is 1.19 bits per heavy atom. The van der Waals surface area contributed by atoms with Crippen LogP contribution in [0.2, 0.25) is 5.02 Å². The minimum atomic E-state index is -0.637. The van der Waals surface area contributed by atoms with Crippen molar-refractivity contribution in [1.29, 1.82) is 0 Å². The number of carbonyl (C=O) groups excluding carboxylic acids is 1. The average molecular weight is 530 g/mol. The van der Waals surface area contributed by atoms with E-state index in [-0.39, 0.29) is 16.8 Å². The monoisotopic (exact) mass is 527 g/mol.